The number of hydrogen-bond acceptors (Lipinski definition) is 3. The predicted molar refractivity (Wildman–Crippen MR) is 91.9 cm³/mol. The summed E-state index contributed by atoms with van der Waals surface area (Å²) in [6, 6.07) is 12.1. The zero-order valence-electron chi connectivity index (χ0n) is 14.0. The average molecular weight is 314 g/mol. The number of carbonyl (C=O) groups is 1. The van der Waals surface area contributed by atoms with Crippen molar-refractivity contribution >= 4 is 5.91 Å². The summed E-state index contributed by atoms with van der Waals surface area (Å²) in [6.45, 7) is 7.89. The molecule has 2 aromatic rings. The summed E-state index contributed by atoms with van der Waals surface area (Å²) in [4.78, 5) is 14.4. The van der Waals surface area contributed by atoms with Gasteiger partial charge in [-0.2, -0.15) is 0 Å². The van der Waals surface area contributed by atoms with E-state index in [4.69, 9.17) is 4.42 Å². The highest BCUT2D eigenvalue weighted by atomic mass is 16.3. The molecule has 0 radical (unpaired) electrons. The Hall–Kier alpha value is -2.07. The SMILES string of the molecule is CCN(CC)Cc1ccccc1CNC(=O)CCc1ccco1. The maximum Gasteiger partial charge on any atom is 0.220 e. The number of aryl methyl sites for hydroxylation is 1. The Morgan fingerprint density at radius 1 is 1.09 bits per heavy atom. The van der Waals surface area contributed by atoms with Gasteiger partial charge in [-0.1, -0.05) is 38.1 Å². The van der Waals surface area contributed by atoms with Crippen molar-refractivity contribution in [3.8, 4) is 0 Å². The number of hydrogen-bond donors (Lipinski definition) is 1. The molecule has 0 atom stereocenters. The quantitative estimate of drug-likeness (QED) is 0.772. The van der Waals surface area contributed by atoms with Crippen LogP contribution in [0.1, 0.15) is 37.2 Å². The first kappa shape index (κ1) is 17.3. The van der Waals surface area contributed by atoms with Crippen LogP contribution < -0.4 is 5.32 Å². The van der Waals surface area contributed by atoms with E-state index in [9.17, 15) is 4.79 Å². The molecule has 124 valence electrons. The first-order valence-electron chi connectivity index (χ1n) is 8.31. The Morgan fingerprint density at radius 3 is 2.48 bits per heavy atom. The van der Waals surface area contributed by atoms with E-state index in [-0.39, 0.29) is 5.91 Å². The van der Waals surface area contributed by atoms with E-state index in [0.29, 0.717) is 19.4 Å². The van der Waals surface area contributed by atoms with Crippen molar-refractivity contribution in [3.63, 3.8) is 0 Å². The fraction of sp³-hybridized carbons (Fsp3) is 0.421. The van der Waals surface area contributed by atoms with E-state index in [0.717, 1.165) is 25.4 Å². The van der Waals surface area contributed by atoms with Crippen molar-refractivity contribution in [2.24, 2.45) is 0 Å². The molecule has 0 spiro atoms. The average Bonchev–Trinajstić information content (AvgIpc) is 3.10. The third-order valence-electron chi connectivity index (χ3n) is 4.06. The van der Waals surface area contributed by atoms with Crippen LogP contribution in [0.25, 0.3) is 0 Å². The van der Waals surface area contributed by atoms with Gasteiger partial charge in [0, 0.05) is 25.9 Å². The fourth-order valence-corrected chi connectivity index (χ4v) is 2.55. The summed E-state index contributed by atoms with van der Waals surface area (Å²) in [5, 5.41) is 3.01. The molecule has 0 aliphatic rings. The standard InChI is InChI=1S/C19H26N2O2/c1-3-21(4-2)15-17-9-6-5-8-16(17)14-20-19(22)12-11-18-10-7-13-23-18/h5-10,13H,3-4,11-12,14-15H2,1-2H3,(H,20,22). The zero-order valence-corrected chi connectivity index (χ0v) is 14.0. The van der Waals surface area contributed by atoms with Crippen molar-refractivity contribution in [2.45, 2.75) is 39.8 Å². The number of nitrogens with zero attached hydrogens (tertiary/aromatic N) is 1. The van der Waals surface area contributed by atoms with Gasteiger partial charge in [-0.25, -0.2) is 0 Å². The highest BCUT2D eigenvalue weighted by molar-refractivity contribution is 5.76. The van der Waals surface area contributed by atoms with Gasteiger partial charge in [-0.15, -0.1) is 0 Å². The molecule has 0 saturated carbocycles. The number of furan rings is 1. The van der Waals surface area contributed by atoms with Crippen LogP contribution in [-0.4, -0.2) is 23.9 Å². The Labute approximate surface area is 138 Å². The lowest BCUT2D eigenvalue weighted by molar-refractivity contribution is -0.121. The van der Waals surface area contributed by atoms with Crippen molar-refractivity contribution in [1.29, 1.82) is 0 Å². The molecule has 1 aromatic carbocycles. The molecule has 1 aromatic heterocycles. The Morgan fingerprint density at radius 2 is 1.83 bits per heavy atom. The monoisotopic (exact) mass is 314 g/mol. The molecule has 0 fully saturated rings. The summed E-state index contributed by atoms with van der Waals surface area (Å²) in [5.74, 6) is 0.904. The number of nitrogens with one attached hydrogen (secondary N) is 1. The van der Waals surface area contributed by atoms with Crippen molar-refractivity contribution in [1.82, 2.24) is 10.2 Å². The van der Waals surface area contributed by atoms with Crippen LogP contribution in [0.15, 0.2) is 47.1 Å². The lowest BCUT2D eigenvalue weighted by Crippen LogP contribution is -2.26. The van der Waals surface area contributed by atoms with Crippen LogP contribution in [-0.2, 0) is 24.3 Å². The molecular formula is C19H26N2O2. The third kappa shape index (κ3) is 5.57. The second-order valence-electron chi connectivity index (χ2n) is 5.59. The van der Waals surface area contributed by atoms with Crippen molar-refractivity contribution < 1.29 is 9.21 Å². The van der Waals surface area contributed by atoms with Gasteiger partial charge in [-0.05, 0) is 36.3 Å². The molecule has 1 amide bonds. The molecule has 0 aliphatic carbocycles. The maximum absolute atomic E-state index is 12.0. The largest absolute Gasteiger partial charge is 0.469 e. The van der Waals surface area contributed by atoms with E-state index >= 15 is 0 Å². The highest BCUT2D eigenvalue weighted by Crippen LogP contribution is 2.12. The van der Waals surface area contributed by atoms with Gasteiger partial charge >= 0.3 is 0 Å². The summed E-state index contributed by atoms with van der Waals surface area (Å²) in [7, 11) is 0. The topological polar surface area (TPSA) is 45.5 Å². The van der Waals surface area contributed by atoms with Crippen LogP contribution in [0, 0.1) is 0 Å². The number of amides is 1. The van der Waals surface area contributed by atoms with Gasteiger partial charge in [0.15, 0.2) is 0 Å². The molecule has 4 heteroatoms. The summed E-state index contributed by atoms with van der Waals surface area (Å²) in [6.07, 6.45) is 2.72. The molecule has 4 nitrogen and oxygen atoms in total. The summed E-state index contributed by atoms with van der Waals surface area (Å²) in [5.41, 5.74) is 2.47. The molecule has 1 N–H and O–H groups in total. The van der Waals surface area contributed by atoms with Crippen molar-refractivity contribution in [2.75, 3.05) is 13.1 Å². The first-order valence-corrected chi connectivity index (χ1v) is 8.31. The molecule has 0 unspecified atom stereocenters. The van der Waals surface area contributed by atoms with Crippen LogP contribution in [0.4, 0.5) is 0 Å². The zero-order chi connectivity index (χ0) is 16.5. The van der Waals surface area contributed by atoms with Gasteiger partial charge in [0.2, 0.25) is 5.91 Å². The normalized spacial score (nSPS) is 10.9. The first-order chi connectivity index (χ1) is 11.2. The third-order valence-corrected chi connectivity index (χ3v) is 4.06. The van der Waals surface area contributed by atoms with Crippen LogP contribution in [0.5, 0.6) is 0 Å². The smallest absolute Gasteiger partial charge is 0.220 e. The molecule has 0 saturated heterocycles. The molecule has 23 heavy (non-hydrogen) atoms. The van der Waals surface area contributed by atoms with E-state index in [1.54, 1.807) is 6.26 Å². The van der Waals surface area contributed by atoms with E-state index in [2.05, 4.69) is 42.3 Å². The van der Waals surface area contributed by atoms with E-state index in [1.807, 2.05) is 18.2 Å². The lowest BCUT2D eigenvalue weighted by Gasteiger charge is -2.20. The second-order valence-corrected chi connectivity index (χ2v) is 5.59. The van der Waals surface area contributed by atoms with Crippen LogP contribution >= 0.6 is 0 Å². The van der Waals surface area contributed by atoms with Gasteiger partial charge in [0.25, 0.3) is 0 Å². The molecule has 1 heterocycles. The fourth-order valence-electron chi connectivity index (χ4n) is 2.55. The predicted octanol–water partition coefficient (Wildman–Crippen LogP) is 3.37. The second kappa shape index (κ2) is 9.16. The van der Waals surface area contributed by atoms with Crippen LogP contribution in [0.2, 0.25) is 0 Å². The molecule has 0 aliphatic heterocycles. The minimum absolute atomic E-state index is 0.0547. The highest BCUT2D eigenvalue weighted by Gasteiger charge is 2.08. The van der Waals surface area contributed by atoms with Gasteiger partial charge in [0.05, 0.1) is 6.26 Å². The van der Waals surface area contributed by atoms with E-state index in [1.165, 1.54) is 11.1 Å². The number of rotatable bonds is 9. The van der Waals surface area contributed by atoms with Gasteiger partial charge < -0.3 is 9.73 Å². The molecule has 0 bridgehead atoms. The Bertz CT molecular complexity index is 589. The molecule has 2 rings (SSSR count). The van der Waals surface area contributed by atoms with Gasteiger partial charge in [0.1, 0.15) is 5.76 Å². The Kier molecular flexibility index (Phi) is 6.88. The number of carbonyl (C=O) groups excluding carboxylic acids is 1. The van der Waals surface area contributed by atoms with Crippen molar-refractivity contribution in [3.05, 3.63) is 59.5 Å². The van der Waals surface area contributed by atoms with Gasteiger partial charge in [-0.3, -0.25) is 9.69 Å². The van der Waals surface area contributed by atoms with Crippen LogP contribution in [0.3, 0.4) is 0 Å². The number of benzene rings is 1. The van der Waals surface area contributed by atoms with E-state index < -0.39 is 0 Å². The summed E-state index contributed by atoms with van der Waals surface area (Å²) < 4.78 is 5.25. The lowest BCUT2D eigenvalue weighted by atomic mass is 10.1. The minimum atomic E-state index is 0.0547. The maximum atomic E-state index is 12.0. The summed E-state index contributed by atoms with van der Waals surface area (Å²) >= 11 is 0. The Balaban J connectivity index is 1.86. The minimum Gasteiger partial charge on any atom is -0.469 e. The molecular weight excluding hydrogens is 288 g/mol.